The van der Waals surface area contributed by atoms with Gasteiger partial charge in [0.1, 0.15) is 17.8 Å². The second-order valence-electron chi connectivity index (χ2n) is 7.69. The van der Waals surface area contributed by atoms with Crippen LogP contribution < -0.4 is 10.1 Å². The number of aryl methyl sites for hydroxylation is 1. The molecule has 0 saturated carbocycles. The fourth-order valence-corrected chi connectivity index (χ4v) is 3.72. The molecule has 1 unspecified atom stereocenters. The molecule has 2 aliphatic rings. The van der Waals surface area contributed by atoms with Crippen LogP contribution in [0.1, 0.15) is 37.8 Å². The Morgan fingerprint density at radius 3 is 2.56 bits per heavy atom. The smallest absolute Gasteiger partial charge is 0.325 e. The number of methoxy groups -OCH3 is 1. The van der Waals surface area contributed by atoms with Crippen molar-refractivity contribution in [1.82, 2.24) is 15.1 Å². The van der Waals surface area contributed by atoms with E-state index in [9.17, 15) is 14.4 Å². The number of urea groups is 1. The summed E-state index contributed by atoms with van der Waals surface area (Å²) in [7, 11) is 1.58. The molecule has 2 saturated heterocycles. The van der Waals surface area contributed by atoms with Crippen molar-refractivity contribution in [2.45, 2.75) is 39.2 Å². The van der Waals surface area contributed by atoms with Crippen LogP contribution in [-0.2, 0) is 15.1 Å². The van der Waals surface area contributed by atoms with Crippen molar-refractivity contribution in [3.8, 4) is 5.75 Å². The Balaban J connectivity index is 1.76. The topological polar surface area (TPSA) is 79.0 Å². The molecular formula is C20H27N3O4. The van der Waals surface area contributed by atoms with Gasteiger partial charge in [-0.05, 0) is 55.9 Å². The Morgan fingerprint density at radius 2 is 1.96 bits per heavy atom. The predicted molar refractivity (Wildman–Crippen MR) is 100 cm³/mol. The van der Waals surface area contributed by atoms with Crippen LogP contribution >= 0.6 is 0 Å². The van der Waals surface area contributed by atoms with Crippen molar-refractivity contribution < 1.29 is 19.1 Å². The van der Waals surface area contributed by atoms with Crippen LogP contribution in [0.15, 0.2) is 18.2 Å². The van der Waals surface area contributed by atoms with E-state index < -0.39 is 17.5 Å². The monoisotopic (exact) mass is 373 g/mol. The molecule has 2 fully saturated rings. The van der Waals surface area contributed by atoms with E-state index in [0.29, 0.717) is 30.3 Å². The van der Waals surface area contributed by atoms with Gasteiger partial charge < -0.3 is 15.0 Å². The highest BCUT2D eigenvalue weighted by Crippen LogP contribution is 2.31. The standard InChI is InChI=1S/C20H27N3O4/c1-13-7-9-22(10-8-13)17(24)12-23-18(25)20(3,21-19(23)26)15-5-6-16(27-4)14(2)11-15/h5-6,11,13H,7-10,12H2,1-4H3,(H,21,26). The Hall–Kier alpha value is -2.57. The number of rotatable bonds is 4. The third-order valence-corrected chi connectivity index (χ3v) is 5.68. The summed E-state index contributed by atoms with van der Waals surface area (Å²) in [6, 6.07) is 4.84. The van der Waals surface area contributed by atoms with Crippen molar-refractivity contribution in [3.63, 3.8) is 0 Å². The molecule has 2 aliphatic heterocycles. The Labute approximate surface area is 159 Å². The van der Waals surface area contributed by atoms with Crippen LogP contribution in [0.5, 0.6) is 5.75 Å². The van der Waals surface area contributed by atoms with Crippen LogP contribution in [0.3, 0.4) is 0 Å². The molecule has 0 radical (unpaired) electrons. The number of amides is 4. The lowest BCUT2D eigenvalue weighted by Gasteiger charge is -2.31. The first-order chi connectivity index (χ1) is 12.8. The van der Waals surface area contributed by atoms with Crippen LogP contribution in [0.4, 0.5) is 4.79 Å². The maximum atomic E-state index is 13.0. The highest BCUT2D eigenvalue weighted by atomic mass is 16.5. The minimum Gasteiger partial charge on any atom is -0.496 e. The number of hydrogen-bond acceptors (Lipinski definition) is 4. The third-order valence-electron chi connectivity index (χ3n) is 5.68. The highest BCUT2D eigenvalue weighted by Gasteiger charge is 2.49. The average molecular weight is 373 g/mol. The second kappa shape index (κ2) is 7.21. The van der Waals surface area contributed by atoms with Gasteiger partial charge in [0.2, 0.25) is 5.91 Å². The van der Waals surface area contributed by atoms with Crippen molar-refractivity contribution >= 4 is 17.8 Å². The minimum absolute atomic E-state index is 0.180. The lowest BCUT2D eigenvalue weighted by atomic mass is 9.90. The van der Waals surface area contributed by atoms with E-state index in [1.807, 2.05) is 13.0 Å². The van der Waals surface area contributed by atoms with Crippen LogP contribution in [0.2, 0.25) is 0 Å². The molecular weight excluding hydrogens is 346 g/mol. The van der Waals surface area contributed by atoms with Crippen molar-refractivity contribution in [1.29, 1.82) is 0 Å². The Bertz CT molecular complexity index is 770. The normalized spacial score (nSPS) is 23.6. The molecule has 1 atom stereocenters. The predicted octanol–water partition coefficient (Wildman–Crippen LogP) is 2.03. The number of likely N-dealkylation sites (tertiary alicyclic amines) is 1. The molecule has 3 rings (SSSR count). The van der Waals surface area contributed by atoms with E-state index in [1.165, 1.54) is 0 Å². The van der Waals surface area contributed by atoms with E-state index >= 15 is 0 Å². The molecule has 0 bridgehead atoms. The van der Waals surface area contributed by atoms with Gasteiger partial charge in [0.15, 0.2) is 0 Å². The summed E-state index contributed by atoms with van der Waals surface area (Å²) in [6.45, 7) is 6.86. The number of hydrogen-bond donors (Lipinski definition) is 1. The molecule has 1 aromatic carbocycles. The zero-order valence-corrected chi connectivity index (χ0v) is 16.4. The van der Waals surface area contributed by atoms with Crippen molar-refractivity contribution in [3.05, 3.63) is 29.3 Å². The Morgan fingerprint density at radius 1 is 1.30 bits per heavy atom. The number of ether oxygens (including phenoxy) is 1. The molecule has 146 valence electrons. The summed E-state index contributed by atoms with van der Waals surface area (Å²) in [6.07, 6.45) is 1.91. The fourth-order valence-electron chi connectivity index (χ4n) is 3.72. The number of imide groups is 1. The van der Waals surface area contributed by atoms with Gasteiger partial charge in [-0.15, -0.1) is 0 Å². The van der Waals surface area contributed by atoms with E-state index in [1.54, 1.807) is 31.1 Å². The minimum atomic E-state index is -1.19. The molecule has 0 aromatic heterocycles. The van der Waals surface area contributed by atoms with Crippen molar-refractivity contribution in [2.24, 2.45) is 5.92 Å². The van der Waals surface area contributed by atoms with Gasteiger partial charge in [0.05, 0.1) is 7.11 Å². The van der Waals surface area contributed by atoms with Crippen LogP contribution in [-0.4, -0.2) is 54.4 Å². The maximum Gasteiger partial charge on any atom is 0.325 e. The molecule has 7 nitrogen and oxygen atoms in total. The molecule has 0 aliphatic carbocycles. The number of benzene rings is 1. The number of nitrogens with zero attached hydrogens (tertiary/aromatic N) is 2. The van der Waals surface area contributed by atoms with Crippen molar-refractivity contribution in [2.75, 3.05) is 26.7 Å². The summed E-state index contributed by atoms with van der Waals surface area (Å²) in [5.41, 5.74) is 0.348. The first kappa shape index (κ1) is 19.2. The first-order valence-electron chi connectivity index (χ1n) is 9.33. The average Bonchev–Trinajstić information content (AvgIpc) is 2.86. The number of carbonyl (C=O) groups excluding carboxylic acids is 3. The quantitative estimate of drug-likeness (QED) is 0.819. The van der Waals surface area contributed by atoms with Crippen LogP contribution in [0.25, 0.3) is 0 Å². The number of carbonyl (C=O) groups is 3. The summed E-state index contributed by atoms with van der Waals surface area (Å²) in [5, 5.41) is 2.75. The summed E-state index contributed by atoms with van der Waals surface area (Å²) in [5.74, 6) is 0.731. The van der Waals surface area contributed by atoms with E-state index in [-0.39, 0.29) is 12.5 Å². The largest absolute Gasteiger partial charge is 0.496 e. The van der Waals surface area contributed by atoms with Gasteiger partial charge in [-0.1, -0.05) is 13.0 Å². The lowest BCUT2D eigenvalue weighted by molar-refractivity contribution is -0.139. The molecule has 7 heteroatoms. The zero-order chi connectivity index (χ0) is 19.8. The number of nitrogens with one attached hydrogen (secondary N) is 1. The molecule has 4 amide bonds. The second-order valence-corrected chi connectivity index (χ2v) is 7.69. The first-order valence-corrected chi connectivity index (χ1v) is 9.33. The SMILES string of the molecule is COc1ccc(C2(C)NC(=O)N(CC(=O)N3CCC(C)CC3)C2=O)cc1C. The fraction of sp³-hybridized carbons (Fsp3) is 0.550. The zero-order valence-electron chi connectivity index (χ0n) is 16.4. The Kier molecular flexibility index (Phi) is 5.13. The lowest BCUT2D eigenvalue weighted by Crippen LogP contribution is -2.46. The van der Waals surface area contributed by atoms with Crippen LogP contribution in [0, 0.1) is 12.8 Å². The maximum absolute atomic E-state index is 13.0. The van der Waals surface area contributed by atoms with Gasteiger partial charge in [-0.3, -0.25) is 14.5 Å². The number of piperidine rings is 1. The van der Waals surface area contributed by atoms with E-state index in [2.05, 4.69) is 12.2 Å². The van der Waals surface area contributed by atoms with Gasteiger partial charge >= 0.3 is 6.03 Å². The highest BCUT2D eigenvalue weighted by molar-refractivity contribution is 6.09. The summed E-state index contributed by atoms with van der Waals surface area (Å²) in [4.78, 5) is 40.8. The summed E-state index contributed by atoms with van der Waals surface area (Å²) < 4.78 is 5.26. The molecule has 27 heavy (non-hydrogen) atoms. The van der Waals surface area contributed by atoms with Gasteiger partial charge in [-0.2, -0.15) is 0 Å². The van der Waals surface area contributed by atoms with E-state index in [0.717, 1.165) is 23.3 Å². The molecule has 2 heterocycles. The van der Waals surface area contributed by atoms with Gasteiger partial charge in [-0.25, -0.2) is 4.79 Å². The summed E-state index contributed by atoms with van der Waals surface area (Å²) >= 11 is 0. The molecule has 1 N–H and O–H groups in total. The van der Waals surface area contributed by atoms with Gasteiger partial charge in [0, 0.05) is 13.1 Å². The molecule has 0 spiro atoms. The van der Waals surface area contributed by atoms with E-state index in [4.69, 9.17) is 4.74 Å². The molecule has 1 aromatic rings. The van der Waals surface area contributed by atoms with Gasteiger partial charge in [0.25, 0.3) is 5.91 Å². The third kappa shape index (κ3) is 3.50.